The largest absolute Gasteiger partial charge is 0.383 e. The summed E-state index contributed by atoms with van der Waals surface area (Å²) in [6.45, 7) is 8.52. The molecule has 0 unspecified atom stereocenters. The smallest absolute Gasteiger partial charge is 0.330 e. The summed E-state index contributed by atoms with van der Waals surface area (Å²) in [7, 11) is 1.89. The van der Waals surface area contributed by atoms with Crippen LogP contribution in [0, 0.1) is 11.8 Å². The SMILES string of the molecule is CC(C)CN(C(=O)CN(C)C(c1ccccc1)c1ccccc1)c1c(N)n(CC(C)C)c(=O)[nH]c1=O. The zero-order chi connectivity index (χ0) is 26.4. The van der Waals surface area contributed by atoms with Gasteiger partial charge in [0.1, 0.15) is 5.82 Å². The number of anilines is 2. The Kier molecular flexibility index (Phi) is 8.88. The number of nitrogens with one attached hydrogen (secondary N) is 1. The molecule has 0 radical (unpaired) electrons. The van der Waals surface area contributed by atoms with Crippen LogP contribution >= 0.6 is 0 Å². The number of aromatic nitrogens is 2. The van der Waals surface area contributed by atoms with E-state index in [1.807, 2.05) is 100 Å². The molecule has 8 nitrogen and oxygen atoms in total. The molecule has 3 N–H and O–H groups in total. The maximum absolute atomic E-state index is 13.8. The van der Waals surface area contributed by atoms with Crippen molar-refractivity contribution in [1.29, 1.82) is 0 Å². The molecule has 0 aliphatic rings. The number of carbonyl (C=O) groups excluding carboxylic acids is 1. The van der Waals surface area contributed by atoms with E-state index in [0.717, 1.165) is 11.1 Å². The molecule has 1 heterocycles. The van der Waals surface area contributed by atoms with Crippen LogP contribution in [0.1, 0.15) is 44.9 Å². The number of H-pyrrole nitrogens is 1. The first-order valence-corrected chi connectivity index (χ1v) is 12.3. The standard InChI is InChI=1S/C28H37N5O3/c1-19(2)16-32(25-26(29)33(17-20(3)4)28(36)30-27(25)35)23(34)18-31(5)24(21-12-8-6-9-13-21)22-14-10-7-11-15-22/h6-15,19-20,24H,16-18,29H2,1-5H3,(H,30,35,36). The highest BCUT2D eigenvalue weighted by atomic mass is 16.2. The predicted octanol–water partition coefficient (Wildman–Crippen LogP) is 3.49. The summed E-state index contributed by atoms with van der Waals surface area (Å²) < 4.78 is 1.34. The Balaban J connectivity index is 2.01. The number of rotatable bonds is 10. The third-order valence-electron chi connectivity index (χ3n) is 5.94. The minimum absolute atomic E-state index is 0.0109. The van der Waals surface area contributed by atoms with Gasteiger partial charge >= 0.3 is 5.69 Å². The van der Waals surface area contributed by atoms with Gasteiger partial charge in [0.2, 0.25) is 5.91 Å². The van der Waals surface area contributed by atoms with E-state index in [9.17, 15) is 14.4 Å². The Morgan fingerprint density at radius 3 is 1.92 bits per heavy atom. The molecule has 0 spiro atoms. The summed E-state index contributed by atoms with van der Waals surface area (Å²) in [6.07, 6.45) is 0. The van der Waals surface area contributed by atoms with E-state index in [-0.39, 0.29) is 41.8 Å². The van der Waals surface area contributed by atoms with E-state index in [0.29, 0.717) is 13.1 Å². The molecular formula is C28H37N5O3. The molecule has 36 heavy (non-hydrogen) atoms. The lowest BCUT2D eigenvalue weighted by Crippen LogP contribution is -2.46. The number of nitrogens with two attached hydrogens (primary N) is 1. The molecule has 0 atom stereocenters. The van der Waals surface area contributed by atoms with Gasteiger partial charge in [0.05, 0.1) is 12.6 Å². The molecule has 8 heteroatoms. The van der Waals surface area contributed by atoms with Crippen LogP contribution in [0.15, 0.2) is 70.3 Å². The van der Waals surface area contributed by atoms with Crippen molar-refractivity contribution in [2.45, 2.75) is 40.3 Å². The average molecular weight is 492 g/mol. The van der Waals surface area contributed by atoms with E-state index in [1.54, 1.807) is 0 Å². The van der Waals surface area contributed by atoms with Crippen molar-refractivity contribution < 1.29 is 4.79 Å². The first kappa shape index (κ1) is 26.9. The highest BCUT2D eigenvalue weighted by Gasteiger charge is 2.28. The summed E-state index contributed by atoms with van der Waals surface area (Å²) in [6, 6.07) is 19.8. The first-order valence-electron chi connectivity index (χ1n) is 12.3. The number of benzene rings is 2. The Labute approximate surface area is 212 Å². The highest BCUT2D eigenvalue weighted by molar-refractivity contribution is 5.97. The lowest BCUT2D eigenvalue weighted by atomic mass is 9.97. The Hall–Kier alpha value is -3.65. The van der Waals surface area contributed by atoms with Crippen LogP contribution in [0.4, 0.5) is 11.5 Å². The molecule has 3 aromatic rings. The number of carbonyl (C=O) groups is 1. The Bertz CT molecular complexity index is 1230. The quantitative estimate of drug-likeness (QED) is 0.452. The van der Waals surface area contributed by atoms with E-state index < -0.39 is 11.2 Å². The van der Waals surface area contributed by atoms with E-state index in [1.165, 1.54) is 9.47 Å². The van der Waals surface area contributed by atoms with Crippen molar-refractivity contribution >= 4 is 17.4 Å². The number of likely N-dealkylation sites (N-methyl/N-ethyl adjacent to an activating group) is 1. The second kappa shape index (κ2) is 11.9. The molecule has 2 aromatic carbocycles. The van der Waals surface area contributed by atoms with Crippen molar-refractivity contribution in [3.63, 3.8) is 0 Å². The molecule has 0 saturated carbocycles. The van der Waals surface area contributed by atoms with Crippen LogP contribution < -0.4 is 21.9 Å². The maximum Gasteiger partial charge on any atom is 0.330 e. The fraction of sp³-hybridized carbons (Fsp3) is 0.393. The summed E-state index contributed by atoms with van der Waals surface area (Å²) in [5, 5.41) is 0. The zero-order valence-corrected chi connectivity index (χ0v) is 21.8. The maximum atomic E-state index is 13.8. The fourth-order valence-electron chi connectivity index (χ4n) is 4.43. The molecule has 1 aromatic heterocycles. The van der Waals surface area contributed by atoms with Crippen LogP contribution in [0.3, 0.4) is 0 Å². The summed E-state index contributed by atoms with van der Waals surface area (Å²) in [5.41, 5.74) is 7.26. The zero-order valence-electron chi connectivity index (χ0n) is 21.8. The van der Waals surface area contributed by atoms with E-state index in [4.69, 9.17) is 5.73 Å². The van der Waals surface area contributed by atoms with Crippen LogP contribution in [-0.2, 0) is 11.3 Å². The van der Waals surface area contributed by atoms with Gasteiger partial charge in [-0.15, -0.1) is 0 Å². The van der Waals surface area contributed by atoms with Crippen LogP contribution in [0.2, 0.25) is 0 Å². The molecule has 0 fully saturated rings. The molecule has 0 aliphatic carbocycles. The van der Waals surface area contributed by atoms with Crippen molar-refractivity contribution in [2.24, 2.45) is 11.8 Å². The van der Waals surface area contributed by atoms with Crippen molar-refractivity contribution in [2.75, 3.05) is 30.8 Å². The number of nitrogens with zero attached hydrogens (tertiary/aromatic N) is 3. The van der Waals surface area contributed by atoms with Gasteiger partial charge in [0.15, 0.2) is 5.69 Å². The van der Waals surface area contributed by atoms with Crippen molar-refractivity contribution in [3.8, 4) is 0 Å². The minimum Gasteiger partial charge on any atom is -0.383 e. The third-order valence-corrected chi connectivity index (χ3v) is 5.94. The predicted molar refractivity (Wildman–Crippen MR) is 145 cm³/mol. The molecule has 192 valence electrons. The number of hydrogen-bond donors (Lipinski definition) is 2. The van der Waals surface area contributed by atoms with Gasteiger partial charge in [-0.3, -0.25) is 24.0 Å². The molecule has 0 bridgehead atoms. The van der Waals surface area contributed by atoms with Crippen LogP contribution in [-0.4, -0.2) is 40.5 Å². The Morgan fingerprint density at radius 2 is 1.44 bits per heavy atom. The van der Waals surface area contributed by atoms with Gasteiger partial charge in [0, 0.05) is 13.1 Å². The third kappa shape index (κ3) is 6.31. The molecule has 0 saturated heterocycles. The van der Waals surface area contributed by atoms with E-state index in [2.05, 4.69) is 4.98 Å². The lowest BCUT2D eigenvalue weighted by Gasteiger charge is -2.32. The van der Waals surface area contributed by atoms with E-state index >= 15 is 0 Å². The number of amides is 1. The topological polar surface area (TPSA) is 104 Å². The lowest BCUT2D eigenvalue weighted by molar-refractivity contribution is -0.119. The summed E-state index contributed by atoms with van der Waals surface area (Å²) in [5.74, 6) is -0.0593. The molecule has 3 rings (SSSR count). The molecular weight excluding hydrogens is 454 g/mol. The Morgan fingerprint density at radius 1 is 0.917 bits per heavy atom. The second-order valence-electron chi connectivity index (χ2n) is 10.0. The van der Waals surface area contributed by atoms with Gasteiger partial charge in [-0.2, -0.15) is 0 Å². The summed E-state index contributed by atoms with van der Waals surface area (Å²) >= 11 is 0. The van der Waals surface area contributed by atoms with Gasteiger partial charge in [-0.05, 0) is 30.0 Å². The monoisotopic (exact) mass is 491 g/mol. The van der Waals surface area contributed by atoms with Crippen LogP contribution in [0.5, 0.6) is 0 Å². The number of nitrogen functional groups attached to an aromatic ring is 1. The van der Waals surface area contributed by atoms with Crippen molar-refractivity contribution in [1.82, 2.24) is 14.5 Å². The number of aromatic amines is 1. The minimum atomic E-state index is -0.656. The summed E-state index contributed by atoms with van der Waals surface area (Å²) in [4.78, 5) is 44.9. The average Bonchev–Trinajstić information content (AvgIpc) is 2.82. The van der Waals surface area contributed by atoms with Gasteiger partial charge < -0.3 is 10.6 Å². The normalized spacial score (nSPS) is 11.6. The van der Waals surface area contributed by atoms with Crippen LogP contribution in [0.25, 0.3) is 0 Å². The molecule has 1 amide bonds. The van der Waals surface area contributed by atoms with Gasteiger partial charge in [0.25, 0.3) is 5.56 Å². The molecule has 0 aliphatic heterocycles. The second-order valence-corrected chi connectivity index (χ2v) is 10.0. The van der Waals surface area contributed by atoms with Gasteiger partial charge in [-0.25, -0.2) is 4.79 Å². The fourth-order valence-corrected chi connectivity index (χ4v) is 4.43. The van der Waals surface area contributed by atoms with Crippen molar-refractivity contribution in [3.05, 3.63) is 92.6 Å². The number of hydrogen-bond acceptors (Lipinski definition) is 5. The van der Waals surface area contributed by atoms with Gasteiger partial charge in [-0.1, -0.05) is 88.4 Å². The highest BCUT2D eigenvalue weighted by Crippen LogP contribution is 2.28. The first-order chi connectivity index (χ1) is 17.1.